The molecule has 2 heterocycles. The number of amides is 1. The maximum Gasteiger partial charge on any atom is 0.296 e. The number of carbonyl (C=O) groups is 1. The molecule has 27 heavy (non-hydrogen) atoms. The minimum atomic E-state index is -0.220. The average Bonchev–Trinajstić information content (AvgIpc) is 2.99. The van der Waals surface area contributed by atoms with Crippen molar-refractivity contribution in [2.24, 2.45) is 7.05 Å². The molecule has 7 heteroatoms. The summed E-state index contributed by atoms with van der Waals surface area (Å²) in [6.45, 7) is 0. The van der Waals surface area contributed by atoms with E-state index in [1.807, 2.05) is 60.1 Å². The van der Waals surface area contributed by atoms with Gasteiger partial charge in [-0.2, -0.15) is 9.78 Å². The molecule has 0 aliphatic rings. The van der Waals surface area contributed by atoms with Gasteiger partial charge in [0, 0.05) is 29.3 Å². The van der Waals surface area contributed by atoms with Crippen LogP contribution in [0.5, 0.6) is 0 Å². The maximum atomic E-state index is 13.3. The van der Waals surface area contributed by atoms with Gasteiger partial charge in [-0.25, -0.2) is 0 Å². The Balaban J connectivity index is 2.19. The number of benzene rings is 2. The van der Waals surface area contributed by atoms with Crippen molar-refractivity contribution in [2.45, 2.75) is 6.42 Å². The van der Waals surface area contributed by atoms with Crippen molar-refractivity contribution in [1.29, 1.82) is 0 Å². The third-order valence-electron chi connectivity index (χ3n) is 4.69. The molecule has 0 atom stereocenters. The molecule has 0 unspecified atom stereocenters. The number of likely N-dealkylation sites (N-methyl/N-ethyl adjacent to an activating group) is 1. The molecule has 0 bridgehead atoms. The molecule has 0 saturated heterocycles. The Hall–Kier alpha value is -2.93. The molecule has 2 aromatic heterocycles. The van der Waals surface area contributed by atoms with Crippen LogP contribution >= 0.6 is 15.9 Å². The Morgan fingerprint density at radius 3 is 2.56 bits per heavy atom. The van der Waals surface area contributed by atoms with Gasteiger partial charge in [0.15, 0.2) is 0 Å². The quantitative estimate of drug-likeness (QED) is 0.549. The molecule has 1 amide bonds. The van der Waals surface area contributed by atoms with Crippen LogP contribution in [0.2, 0.25) is 0 Å². The predicted molar refractivity (Wildman–Crippen MR) is 109 cm³/mol. The molecule has 0 fully saturated rings. The van der Waals surface area contributed by atoms with Crippen molar-refractivity contribution in [3.63, 3.8) is 0 Å². The number of hydrogen-bond donors (Lipinski definition) is 1. The first-order valence-electron chi connectivity index (χ1n) is 8.47. The zero-order chi connectivity index (χ0) is 19.1. The van der Waals surface area contributed by atoms with E-state index in [4.69, 9.17) is 0 Å². The van der Waals surface area contributed by atoms with Gasteiger partial charge in [-0.05, 0) is 24.3 Å². The van der Waals surface area contributed by atoms with Crippen LogP contribution in [0.3, 0.4) is 0 Å². The Labute approximate surface area is 163 Å². The highest BCUT2D eigenvalue weighted by molar-refractivity contribution is 9.10. The molecule has 0 saturated carbocycles. The fourth-order valence-electron chi connectivity index (χ4n) is 3.40. The number of halogens is 1. The van der Waals surface area contributed by atoms with E-state index in [0.717, 1.165) is 15.4 Å². The van der Waals surface area contributed by atoms with Gasteiger partial charge in [0.2, 0.25) is 5.91 Å². The summed E-state index contributed by atoms with van der Waals surface area (Å²) in [5.41, 5.74) is 2.43. The number of fused-ring (bicyclic) bond motifs is 3. The molecule has 0 aliphatic heterocycles. The first-order valence-corrected chi connectivity index (χ1v) is 9.27. The Morgan fingerprint density at radius 1 is 1.11 bits per heavy atom. The third kappa shape index (κ3) is 2.75. The number of aromatic nitrogens is 3. The lowest BCUT2D eigenvalue weighted by atomic mass is 10.1. The van der Waals surface area contributed by atoms with Crippen LogP contribution in [0, 0.1) is 0 Å². The molecule has 4 rings (SSSR count). The van der Waals surface area contributed by atoms with Crippen LogP contribution in [-0.4, -0.2) is 27.3 Å². The van der Waals surface area contributed by atoms with E-state index in [1.54, 1.807) is 7.05 Å². The predicted octanol–water partition coefficient (Wildman–Crippen LogP) is 2.93. The van der Waals surface area contributed by atoms with Crippen molar-refractivity contribution < 1.29 is 4.79 Å². The fraction of sp³-hybridized carbons (Fsp3) is 0.150. The van der Waals surface area contributed by atoms with Crippen molar-refractivity contribution in [3.8, 4) is 5.69 Å². The van der Waals surface area contributed by atoms with Gasteiger partial charge >= 0.3 is 0 Å². The van der Waals surface area contributed by atoms with Gasteiger partial charge in [0.1, 0.15) is 5.52 Å². The smallest absolute Gasteiger partial charge is 0.296 e. The van der Waals surface area contributed by atoms with Crippen LogP contribution < -0.4 is 10.9 Å². The lowest BCUT2D eigenvalue weighted by molar-refractivity contribution is -0.120. The van der Waals surface area contributed by atoms with Gasteiger partial charge in [-0.1, -0.05) is 40.2 Å². The van der Waals surface area contributed by atoms with Gasteiger partial charge in [-0.15, -0.1) is 0 Å². The van der Waals surface area contributed by atoms with Crippen molar-refractivity contribution in [2.75, 3.05) is 7.05 Å². The zero-order valence-corrected chi connectivity index (χ0v) is 16.4. The number of para-hydroxylation sites is 1. The van der Waals surface area contributed by atoms with E-state index >= 15 is 0 Å². The highest BCUT2D eigenvalue weighted by Crippen LogP contribution is 2.34. The van der Waals surface area contributed by atoms with Crippen LogP contribution in [0.25, 0.3) is 27.5 Å². The van der Waals surface area contributed by atoms with Gasteiger partial charge in [0.25, 0.3) is 5.56 Å². The molecule has 0 spiro atoms. The van der Waals surface area contributed by atoms with Crippen molar-refractivity contribution >= 4 is 43.6 Å². The monoisotopic (exact) mass is 424 g/mol. The van der Waals surface area contributed by atoms with Gasteiger partial charge in [-0.3, -0.25) is 9.59 Å². The lowest BCUT2D eigenvalue weighted by Crippen LogP contribution is -2.27. The largest absolute Gasteiger partial charge is 0.359 e. The normalized spacial score (nSPS) is 11.2. The van der Waals surface area contributed by atoms with Crippen LogP contribution in [0.1, 0.15) is 5.69 Å². The average molecular weight is 425 g/mol. The minimum absolute atomic E-state index is 0.0839. The Morgan fingerprint density at radius 2 is 1.85 bits per heavy atom. The molecule has 136 valence electrons. The second-order valence-electron chi connectivity index (χ2n) is 6.27. The first kappa shape index (κ1) is 17.5. The van der Waals surface area contributed by atoms with E-state index in [9.17, 15) is 9.59 Å². The molecule has 1 N–H and O–H groups in total. The molecular weight excluding hydrogens is 408 g/mol. The van der Waals surface area contributed by atoms with E-state index < -0.39 is 0 Å². The Bertz CT molecular complexity index is 1240. The third-order valence-corrected chi connectivity index (χ3v) is 5.35. The number of aryl methyl sites for hydroxylation is 1. The molecule has 4 aromatic rings. The fourth-order valence-corrected chi connectivity index (χ4v) is 3.96. The second-order valence-corrected chi connectivity index (χ2v) is 7.12. The summed E-state index contributed by atoms with van der Waals surface area (Å²) in [6.07, 6.45) is 0.0839. The second kappa shape index (κ2) is 6.66. The number of carbonyl (C=O) groups excluding carboxylic acids is 1. The van der Waals surface area contributed by atoms with Gasteiger partial charge in [0.05, 0.1) is 23.3 Å². The SMILES string of the molecule is CNC(=O)Cc1nn(-c2ccccc2)c(=O)c2c1c1c(Br)cccc1n2C. The van der Waals surface area contributed by atoms with Crippen LogP contribution in [0.4, 0.5) is 0 Å². The summed E-state index contributed by atoms with van der Waals surface area (Å²) in [7, 11) is 3.45. The topological polar surface area (TPSA) is 68.9 Å². The summed E-state index contributed by atoms with van der Waals surface area (Å²) in [5, 5.41) is 8.81. The standard InChI is InChI=1S/C20H17BrN4O2/c1-22-16(26)11-14-18-17-13(21)9-6-10-15(17)24(2)19(18)20(27)25(23-14)12-7-4-3-5-8-12/h3-10H,11H2,1-2H3,(H,22,26). The Kier molecular flexibility index (Phi) is 4.31. The van der Waals surface area contributed by atoms with Crippen LogP contribution in [-0.2, 0) is 18.3 Å². The van der Waals surface area contributed by atoms with Crippen molar-refractivity contribution in [1.82, 2.24) is 19.7 Å². The number of rotatable bonds is 3. The minimum Gasteiger partial charge on any atom is -0.359 e. The van der Waals surface area contributed by atoms with E-state index in [2.05, 4.69) is 26.3 Å². The summed E-state index contributed by atoms with van der Waals surface area (Å²) in [6, 6.07) is 15.0. The number of nitrogens with zero attached hydrogens (tertiary/aromatic N) is 3. The lowest BCUT2D eigenvalue weighted by Gasteiger charge is -2.10. The summed E-state index contributed by atoms with van der Waals surface area (Å²) < 4.78 is 4.10. The van der Waals surface area contributed by atoms with E-state index in [1.165, 1.54) is 4.68 Å². The highest BCUT2D eigenvalue weighted by atomic mass is 79.9. The zero-order valence-electron chi connectivity index (χ0n) is 14.9. The number of hydrogen-bond acceptors (Lipinski definition) is 3. The highest BCUT2D eigenvalue weighted by Gasteiger charge is 2.22. The van der Waals surface area contributed by atoms with Gasteiger partial charge < -0.3 is 9.88 Å². The molecule has 0 aliphatic carbocycles. The molecule has 2 aromatic carbocycles. The molecular formula is C20H17BrN4O2. The van der Waals surface area contributed by atoms with E-state index in [-0.39, 0.29) is 17.9 Å². The molecule has 6 nitrogen and oxygen atoms in total. The summed E-state index contributed by atoms with van der Waals surface area (Å²) in [4.78, 5) is 25.4. The molecule has 0 radical (unpaired) electrons. The first-order chi connectivity index (χ1) is 13.0. The summed E-state index contributed by atoms with van der Waals surface area (Å²) in [5.74, 6) is -0.161. The van der Waals surface area contributed by atoms with Crippen LogP contribution in [0.15, 0.2) is 57.8 Å². The number of nitrogens with one attached hydrogen (secondary N) is 1. The van der Waals surface area contributed by atoms with E-state index in [0.29, 0.717) is 22.3 Å². The maximum absolute atomic E-state index is 13.3. The van der Waals surface area contributed by atoms with Crippen molar-refractivity contribution in [3.05, 3.63) is 69.1 Å². The summed E-state index contributed by atoms with van der Waals surface area (Å²) >= 11 is 3.59.